The fraction of sp³-hybridized carbons (Fsp3) is 0.421. The van der Waals surface area contributed by atoms with E-state index in [1.54, 1.807) is 16.7 Å². The zero-order chi connectivity index (χ0) is 22.0. The molecule has 0 unspecified atom stereocenters. The van der Waals surface area contributed by atoms with Gasteiger partial charge in [0.1, 0.15) is 5.69 Å². The summed E-state index contributed by atoms with van der Waals surface area (Å²) in [5.41, 5.74) is 1.93. The van der Waals surface area contributed by atoms with E-state index in [4.69, 9.17) is 4.74 Å². The van der Waals surface area contributed by atoms with Crippen LogP contribution >= 0.6 is 11.3 Å². The van der Waals surface area contributed by atoms with Crippen LogP contribution in [0.1, 0.15) is 48.7 Å². The molecule has 1 aliphatic heterocycles. The van der Waals surface area contributed by atoms with Crippen LogP contribution in [0.25, 0.3) is 0 Å². The second-order valence-corrected chi connectivity index (χ2v) is 7.87. The monoisotopic (exact) mass is 434 g/mol. The first-order valence-electron chi connectivity index (χ1n) is 9.41. The van der Waals surface area contributed by atoms with Gasteiger partial charge in [-0.2, -0.15) is 0 Å². The molecule has 3 rings (SSSR count). The van der Waals surface area contributed by atoms with Gasteiger partial charge in [0.25, 0.3) is 11.8 Å². The molecule has 10 nitrogen and oxygen atoms in total. The van der Waals surface area contributed by atoms with Crippen LogP contribution in [-0.2, 0) is 11.2 Å². The Morgan fingerprint density at radius 2 is 1.77 bits per heavy atom. The SMILES string of the molecule is CCc1[nH]c(C(=O)N2CCN(C(=O)c3ccc([N+](=O)[O-])s3)CC2)c(C)c1C(=O)OC. The van der Waals surface area contributed by atoms with Gasteiger partial charge in [0.15, 0.2) is 0 Å². The van der Waals surface area contributed by atoms with Crippen molar-refractivity contribution < 1.29 is 24.0 Å². The number of esters is 1. The minimum atomic E-state index is -0.524. The molecule has 1 saturated heterocycles. The smallest absolute Gasteiger partial charge is 0.339 e. The summed E-state index contributed by atoms with van der Waals surface area (Å²) in [6.45, 7) is 4.88. The lowest BCUT2D eigenvalue weighted by molar-refractivity contribution is -0.380. The van der Waals surface area contributed by atoms with E-state index in [-0.39, 0.29) is 16.8 Å². The van der Waals surface area contributed by atoms with Gasteiger partial charge in [0.2, 0.25) is 0 Å². The molecule has 160 valence electrons. The maximum Gasteiger partial charge on any atom is 0.339 e. The Hall–Kier alpha value is -3.21. The summed E-state index contributed by atoms with van der Waals surface area (Å²) in [5.74, 6) is -1.01. The van der Waals surface area contributed by atoms with Crippen molar-refractivity contribution in [2.24, 2.45) is 0 Å². The highest BCUT2D eigenvalue weighted by Gasteiger charge is 2.30. The summed E-state index contributed by atoms with van der Waals surface area (Å²) < 4.78 is 4.83. The molecule has 0 bridgehead atoms. The van der Waals surface area contributed by atoms with E-state index in [2.05, 4.69) is 4.98 Å². The molecule has 1 aliphatic rings. The number of nitrogens with one attached hydrogen (secondary N) is 1. The van der Waals surface area contributed by atoms with Crippen LogP contribution in [0.4, 0.5) is 5.00 Å². The van der Waals surface area contributed by atoms with Gasteiger partial charge in [-0.05, 0) is 25.0 Å². The first-order chi connectivity index (χ1) is 14.3. The second kappa shape index (κ2) is 8.66. The number of H-pyrrole nitrogens is 1. The van der Waals surface area contributed by atoms with Crippen molar-refractivity contribution in [3.8, 4) is 0 Å². The molecular weight excluding hydrogens is 412 g/mol. The zero-order valence-corrected chi connectivity index (χ0v) is 17.7. The molecule has 11 heteroatoms. The van der Waals surface area contributed by atoms with Crippen molar-refractivity contribution in [2.45, 2.75) is 20.3 Å². The largest absolute Gasteiger partial charge is 0.465 e. The molecule has 30 heavy (non-hydrogen) atoms. The van der Waals surface area contributed by atoms with E-state index < -0.39 is 10.9 Å². The number of carbonyl (C=O) groups is 3. The fourth-order valence-corrected chi connectivity index (χ4v) is 4.27. The molecule has 0 aliphatic carbocycles. The molecule has 1 fully saturated rings. The number of aryl methyl sites for hydroxylation is 1. The number of piperazine rings is 1. The van der Waals surface area contributed by atoms with E-state index in [0.29, 0.717) is 60.0 Å². The number of hydrogen-bond donors (Lipinski definition) is 1. The molecule has 0 radical (unpaired) electrons. The van der Waals surface area contributed by atoms with Crippen LogP contribution in [0.5, 0.6) is 0 Å². The third-order valence-corrected chi connectivity index (χ3v) is 6.15. The Kier molecular flexibility index (Phi) is 6.20. The summed E-state index contributed by atoms with van der Waals surface area (Å²) in [4.78, 5) is 54.5. The van der Waals surface area contributed by atoms with E-state index in [1.165, 1.54) is 19.2 Å². The molecule has 0 aromatic carbocycles. The van der Waals surface area contributed by atoms with Crippen molar-refractivity contribution in [1.82, 2.24) is 14.8 Å². The van der Waals surface area contributed by atoms with Crippen LogP contribution in [0.2, 0.25) is 0 Å². The number of carbonyl (C=O) groups excluding carboxylic acids is 3. The molecule has 3 heterocycles. The number of aromatic amines is 1. The van der Waals surface area contributed by atoms with Gasteiger partial charge in [0.05, 0.1) is 22.5 Å². The highest BCUT2D eigenvalue weighted by Crippen LogP contribution is 2.26. The average Bonchev–Trinajstić information content (AvgIpc) is 3.37. The molecule has 0 saturated carbocycles. The third kappa shape index (κ3) is 3.92. The number of nitrogens with zero attached hydrogens (tertiary/aromatic N) is 3. The lowest BCUT2D eigenvalue weighted by atomic mass is 10.1. The van der Waals surface area contributed by atoms with E-state index >= 15 is 0 Å². The predicted molar refractivity (Wildman–Crippen MR) is 109 cm³/mol. The van der Waals surface area contributed by atoms with Gasteiger partial charge < -0.3 is 19.5 Å². The Morgan fingerprint density at radius 3 is 2.27 bits per heavy atom. The van der Waals surface area contributed by atoms with Crippen LogP contribution in [0, 0.1) is 17.0 Å². The summed E-state index contributed by atoms with van der Waals surface area (Å²) in [7, 11) is 1.30. The van der Waals surface area contributed by atoms with Gasteiger partial charge >= 0.3 is 11.0 Å². The van der Waals surface area contributed by atoms with Crippen LogP contribution in [-0.4, -0.2) is 70.8 Å². The highest BCUT2D eigenvalue weighted by atomic mass is 32.1. The number of amides is 2. The summed E-state index contributed by atoms with van der Waals surface area (Å²) in [6.07, 6.45) is 0.549. The quantitative estimate of drug-likeness (QED) is 0.437. The fourth-order valence-electron chi connectivity index (χ4n) is 3.48. The second-order valence-electron chi connectivity index (χ2n) is 6.80. The Labute approximate surface area is 176 Å². The molecule has 2 aromatic rings. The molecule has 0 spiro atoms. The van der Waals surface area contributed by atoms with Crippen molar-refractivity contribution in [3.05, 3.63) is 49.6 Å². The lowest BCUT2D eigenvalue weighted by Crippen LogP contribution is -2.50. The maximum absolute atomic E-state index is 13.0. The first-order valence-corrected chi connectivity index (χ1v) is 10.2. The van der Waals surface area contributed by atoms with E-state index in [0.717, 1.165) is 11.3 Å². The van der Waals surface area contributed by atoms with E-state index in [9.17, 15) is 24.5 Å². The Bertz CT molecular complexity index is 1000. The maximum atomic E-state index is 13.0. The minimum absolute atomic E-state index is 0.0810. The Morgan fingerprint density at radius 1 is 1.17 bits per heavy atom. The molecule has 2 aromatic heterocycles. The highest BCUT2D eigenvalue weighted by molar-refractivity contribution is 7.17. The normalized spacial score (nSPS) is 14.0. The number of methoxy groups -OCH3 is 1. The zero-order valence-electron chi connectivity index (χ0n) is 16.9. The number of aromatic nitrogens is 1. The van der Waals surface area contributed by atoms with E-state index in [1.807, 2.05) is 6.92 Å². The van der Waals surface area contributed by atoms with Gasteiger partial charge in [-0.3, -0.25) is 19.7 Å². The lowest BCUT2D eigenvalue weighted by Gasteiger charge is -2.34. The predicted octanol–water partition coefficient (Wildman–Crippen LogP) is 2.24. The summed E-state index contributed by atoms with van der Waals surface area (Å²) in [5, 5.41) is 10.7. The standard InChI is InChI=1S/C19H22N4O6S/c1-4-12-15(19(26)29-3)11(2)16(20-12)18(25)22-9-7-21(8-10-22)17(24)13-5-6-14(30-13)23(27)28/h5-6,20H,4,7-10H2,1-3H3. The van der Waals surface area contributed by atoms with Crippen molar-refractivity contribution in [2.75, 3.05) is 33.3 Å². The average molecular weight is 434 g/mol. The van der Waals surface area contributed by atoms with Crippen LogP contribution in [0.3, 0.4) is 0 Å². The van der Waals surface area contributed by atoms with Crippen LogP contribution < -0.4 is 0 Å². The number of ether oxygens (including phenoxy) is 1. The number of thiophene rings is 1. The van der Waals surface area contributed by atoms with Gasteiger partial charge in [-0.25, -0.2) is 4.79 Å². The van der Waals surface area contributed by atoms with Crippen LogP contribution in [0.15, 0.2) is 12.1 Å². The molecular formula is C19H22N4O6S. The molecule has 2 amide bonds. The van der Waals surface area contributed by atoms with Crippen molar-refractivity contribution in [3.63, 3.8) is 0 Å². The number of nitro groups is 1. The van der Waals surface area contributed by atoms with Crippen molar-refractivity contribution in [1.29, 1.82) is 0 Å². The Balaban J connectivity index is 1.69. The summed E-state index contributed by atoms with van der Waals surface area (Å²) in [6, 6.07) is 2.77. The van der Waals surface area contributed by atoms with Gasteiger partial charge in [0, 0.05) is 37.9 Å². The van der Waals surface area contributed by atoms with Gasteiger partial charge in [-0.15, -0.1) is 0 Å². The van der Waals surface area contributed by atoms with Gasteiger partial charge in [-0.1, -0.05) is 18.3 Å². The third-order valence-electron chi connectivity index (χ3n) is 5.12. The first kappa shape index (κ1) is 21.5. The van der Waals surface area contributed by atoms with Crippen molar-refractivity contribution >= 4 is 34.1 Å². The summed E-state index contributed by atoms with van der Waals surface area (Å²) >= 11 is 0.841. The number of hydrogen-bond acceptors (Lipinski definition) is 7. The topological polar surface area (TPSA) is 126 Å². The molecule has 0 atom stereocenters. The molecule has 1 N–H and O–H groups in total. The minimum Gasteiger partial charge on any atom is -0.465 e. The number of rotatable bonds is 5.